The average Bonchev–Trinajstić information content (AvgIpc) is 2.49. The van der Waals surface area contributed by atoms with Crippen LogP contribution in [0, 0.1) is 0 Å². The van der Waals surface area contributed by atoms with Crippen molar-refractivity contribution in [3.8, 4) is 0 Å². The average molecular weight is 292 g/mol. The number of carboxylic acid groups (broad SMARTS) is 1. The molecule has 0 bridgehead atoms. The third-order valence-corrected chi connectivity index (χ3v) is 3.37. The van der Waals surface area contributed by atoms with E-state index in [2.05, 4.69) is 10.6 Å². The molecule has 1 aliphatic rings. The van der Waals surface area contributed by atoms with Crippen LogP contribution >= 0.6 is 0 Å². The molecule has 1 amide bonds. The first-order valence-corrected chi connectivity index (χ1v) is 7.05. The van der Waals surface area contributed by atoms with Crippen LogP contribution in [0.4, 0.5) is 0 Å². The quantitative estimate of drug-likeness (QED) is 0.707. The summed E-state index contributed by atoms with van der Waals surface area (Å²) in [6, 6.07) is 6.78. The number of morpholine rings is 1. The van der Waals surface area contributed by atoms with E-state index in [1.165, 1.54) is 0 Å². The summed E-state index contributed by atoms with van der Waals surface area (Å²) in [7, 11) is 0. The topological polar surface area (TPSA) is 87.7 Å². The zero-order valence-corrected chi connectivity index (χ0v) is 11.8. The number of ether oxygens (including phenoxy) is 1. The lowest BCUT2D eigenvalue weighted by atomic mass is 10.1. The van der Waals surface area contributed by atoms with Gasteiger partial charge in [-0.15, -0.1) is 0 Å². The van der Waals surface area contributed by atoms with Gasteiger partial charge in [-0.05, 0) is 24.1 Å². The number of aromatic carboxylic acids is 1. The van der Waals surface area contributed by atoms with Crippen LogP contribution < -0.4 is 10.6 Å². The first-order valence-electron chi connectivity index (χ1n) is 7.05. The Hall–Kier alpha value is -1.92. The fraction of sp³-hybridized carbons (Fsp3) is 0.467. The molecule has 114 valence electrons. The molecule has 0 saturated carbocycles. The van der Waals surface area contributed by atoms with Crippen LogP contribution in [0.15, 0.2) is 24.3 Å². The lowest BCUT2D eigenvalue weighted by Crippen LogP contribution is -2.44. The SMILES string of the molecule is O=C(CC1COCCN1)NCCc1ccc(C(=O)O)cc1. The minimum Gasteiger partial charge on any atom is -0.478 e. The summed E-state index contributed by atoms with van der Waals surface area (Å²) < 4.78 is 5.30. The van der Waals surface area contributed by atoms with Gasteiger partial charge in [-0.2, -0.15) is 0 Å². The van der Waals surface area contributed by atoms with E-state index in [0.717, 1.165) is 12.1 Å². The molecule has 21 heavy (non-hydrogen) atoms. The number of amides is 1. The van der Waals surface area contributed by atoms with E-state index in [0.29, 0.717) is 32.6 Å². The van der Waals surface area contributed by atoms with E-state index >= 15 is 0 Å². The Labute approximate surface area is 123 Å². The summed E-state index contributed by atoms with van der Waals surface area (Å²) in [5.41, 5.74) is 1.27. The largest absolute Gasteiger partial charge is 0.478 e. The second kappa shape index (κ2) is 7.75. The molecule has 0 spiro atoms. The Morgan fingerprint density at radius 3 is 2.71 bits per heavy atom. The van der Waals surface area contributed by atoms with Crippen LogP contribution in [0.3, 0.4) is 0 Å². The molecule has 1 heterocycles. The minimum absolute atomic E-state index is 0.000145. The van der Waals surface area contributed by atoms with Crippen molar-refractivity contribution in [2.75, 3.05) is 26.3 Å². The molecular formula is C15H20N2O4. The van der Waals surface area contributed by atoms with Gasteiger partial charge < -0.3 is 20.5 Å². The number of carbonyl (C=O) groups is 2. The highest BCUT2D eigenvalue weighted by atomic mass is 16.5. The molecule has 6 nitrogen and oxygen atoms in total. The van der Waals surface area contributed by atoms with Crippen LogP contribution in [-0.4, -0.2) is 49.3 Å². The number of carbonyl (C=O) groups excluding carboxylic acids is 1. The molecule has 1 aromatic carbocycles. The fourth-order valence-corrected chi connectivity index (χ4v) is 2.21. The van der Waals surface area contributed by atoms with Crippen molar-refractivity contribution in [3.05, 3.63) is 35.4 Å². The highest BCUT2D eigenvalue weighted by molar-refractivity contribution is 5.87. The molecule has 1 unspecified atom stereocenters. The number of hydrogen-bond acceptors (Lipinski definition) is 4. The van der Waals surface area contributed by atoms with Crippen LogP contribution in [0.5, 0.6) is 0 Å². The maximum atomic E-state index is 11.8. The molecule has 1 aromatic rings. The summed E-state index contributed by atoms with van der Waals surface area (Å²) in [6.45, 7) is 2.60. The Morgan fingerprint density at radius 1 is 1.33 bits per heavy atom. The third-order valence-electron chi connectivity index (χ3n) is 3.37. The highest BCUT2D eigenvalue weighted by Crippen LogP contribution is 2.05. The number of benzene rings is 1. The van der Waals surface area contributed by atoms with Gasteiger partial charge in [0, 0.05) is 25.6 Å². The van der Waals surface area contributed by atoms with Crippen molar-refractivity contribution >= 4 is 11.9 Å². The number of nitrogens with one attached hydrogen (secondary N) is 2. The molecule has 0 radical (unpaired) electrons. The van der Waals surface area contributed by atoms with E-state index in [4.69, 9.17) is 9.84 Å². The summed E-state index contributed by atoms with van der Waals surface area (Å²) in [6.07, 6.45) is 1.10. The molecular weight excluding hydrogens is 272 g/mol. The molecule has 1 fully saturated rings. The van der Waals surface area contributed by atoms with Gasteiger partial charge in [0.25, 0.3) is 0 Å². The molecule has 0 aromatic heterocycles. The summed E-state index contributed by atoms with van der Waals surface area (Å²) >= 11 is 0. The molecule has 0 aliphatic carbocycles. The third kappa shape index (κ3) is 5.17. The predicted octanol–water partition coefficient (Wildman–Crippen LogP) is 0.422. The minimum atomic E-state index is -0.933. The zero-order valence-electron chi connectivity index (χ0n) is 11.8. The number of rotatable bonds is 6. The van der Waals surface area contributed by atoms with Gasteiger partial charge in [-0.1, -0.05) is 12.1 Å². The number of hydrogen-bond donors (Lipinski definition) is 3. The normalized spacial score (nSPS) is 18.2. The van der Waals surface area contributed by atoms with E-state index < -0.39 is 5.97 Å². The fourth-order valence-electron chi connectivity index (χ4n) is 2.21. The van der Waals surface area contributed by atoms with Gasteiger partial charge in [0.05, 0.1) is 18.8 Å². The van der Waals surface area contributed by atoms with Crippen molar-refractivity contribution in [2.45, 2.75) is 18.9 Å². The van der Waals surface area contributed by atoms with Gasteiger partial charge in [-0.3, -0.25) is 4.79 Å². The van der Waals surface area contributed by atoms with Crippen molar-refractivity contribution in [2.24, 2.45) is 0 Å². The molecule has 1 saturated heterocycles. The first kappa shape index (κ1) is 15.5. The molecule has 3 N–H and O–H groups in total. The van der Waals surface area contributed by atoms with Gasteiger partial charge in [0.15, 0.2) is 0 Å². The summed E-state index contributed by atoms with van der Waals surface area (Å²) in [5.74, 6) is -0.933. The Balaban J connectivity index is 1.68. The van der Waals surface area contributed by atoms with Crippen molar-refractivity contribution in [3.63, 3.8) is 0 Å². The van der Waals surface area contributed by atoms with E-state index in [-0.39, 0.29) is 17.5 Å². The van der Waals surface area contributed by atoms with Crippen LogP contribution in [0.1, 0.15) is 22.3 Å². The van der Waals surface area contributed by atoms with Gasteiger partial charge >= 0.3 is 5.97 Å². The van der Waals surface area contributed by atoms with Gasteiger partial charge in [-0.25, -0.2) is 4.79 Å². The lowest BCUT2D eigenvalue weighted by Gasteiger charge is -2.23. The van der Waals surface area contributed by atoms with Crippen LogP contribution in [0.25, 0.3) is 0 Å². The van der Waals surface area contributed by atoms with Crippen molar-refractivity contribution in [1.82, 2.24) is 10.6 Å². The molecule has 6 heteroatoms. The Morgan fingerprint density at radius 2 is 2.10 bits per heavy atom. The second-order valence-electron chi connectivity index (χ2n) is 5.03. The monoisotopic (exact) mass is 292 g/mol. The predicted molar refractivity (Wildman–Crippen MR) is 77.3 cm³/mol. The second-order valence-corrected chi connectivity index (χ2v) is 5.03. The smallest absolute Gasteiger partial charge is 0.335 e. The Bertz CT molecular complexity index is 481. The standard InChI is InChI=1S/C15H20N2O4/c18-14(9-13-10-21-8-7-16-13)17-6-5-11-1-3-12(4-2-11)15(19)20/h1-4,13,16H,5-10H2,(H,17,18)(H,19,20). The molecule has 2 rings (SSSR count). The van der Waals surface area contributed by atoms with Crippen molar-refractivity contribution < 1.29 is 19.4 Å². The van der Waals surface area contributed by atoms with E-state index in [1.54, 1.807) is 24.3 Å². The van der Waals surface area contributed by atoms with E-state index in [1.807, 2.05) is 0 Å². The maximum absolute atomic E-state index is 11.8. The molecule has 1 atom stereocenters. The first-order chi connectivity index (χ1) is 10.1. The van der Waals surface area contributed by atoms with Crippen LogP contribution in [0.2, 0.25) is 0 Å². The maximum Gasteiger partial charge on any atom is 0.335 e. The van der Waals surface area contributed by atoms with Crippen LogP contribution in [-0.2, 0) is 16.0 Å². The van der Waals surface area contributed by atoms with Crippen molar-refractivity contribution in [1.29, 1.82) is 0 Å². The molecule has 1 aliphatic heterocycles. The lowest BCUT2D eigenvalue weighted by molar-refractivity contribution is -0.122. The van der Waals surface area contributed by atoms with Gasteiger partial charge in [0.1, 0.15) is 0 Å². The van der Waals surface area contributed by atoms with E-state index in [9.17, 15) is 9.59 Å². The zero-order chi connectivity index (χ0) is 15.1. The van der Waals surface area contributed by atoms with Gasteiger partial charge in [0.2, 0.25) is 5.91 Å². The number of carboxylic acids is 1. The highest BCUT2D eigenvalue weighted by Gasteiger charge is 2.16. The summed E-state index contributed by atoms with van der Waals surface area (Å²) in [5, 5.41) is 14.9. The summed E-state index contributed by atoms with van der Waals surface area (Å²) in [4.78, 5) is 22.5. The Kier molecular flexibility index (Phi) is 5.71.